The lowest BCUT2D eigenvalue weighted by molar-refractivity contribution is 0.0952. The van der Waals surface area contributed by atoms with Gasteiger partial charge in [0.15, 0.2) is 0 Å². The Morgan fingerprint density at radius 3 is 2.35 bits per heavy atom. The number of rotatable bonds is 10. The van der Waals surface area contributed by atoms with Gasteiger partial charge in [-0.15, -0.1) is 0 Å². The highest BCUT2D eigenvalue weighted by molar-refractivity contribution is 6.04. The molecule has 0 unspecified atom stereocenters. The van der Waals surface area contributed by atoms with E-state index in [1.165, 1.54) is 5.56 Å². The van der Waals surface area contributed by atoms with Gasteiger partial charge in [-0.05, 0) is 54.4 Å². The summed E-state index contributed by atoms with van der Waals surface area (Å²) in [7, 11) is 0. The second-order valence-electron chi connectivity index (χ2n) is 7.25. The van der Waals surface area contributed by atoms with Gasteiger partial charge in [-0.1, -0.05) is 49.7 Å². The van der Waals surface area contributed by atoms with Gasteiger partial charge in [-0.3, -0.25) is 9.59 Å². The van der Waals surface area contributed by atoms with E-state index in [0.717, 1.165) is 19.3 Å². The molecule has 2 N–H and O–H groups in total. The van der Waals surface area contributed by atoms with E-state index in [1.807, 2.05) is 24.3 Å². The summed E-state index contributed by atoms with van der Waals surface area (Å²) < 4.78 is 5.81. The van der Waals surface area contributed by atoms with Crippen molar-refractivity contribution in [2.75, 3.05) is 18.5 Å². The van der Waals surface area contributed by atoms with Gasteiger partial charge in [-0.25, -0.2) is 0 Å². The first-order valence-electron chi connectivity index (χ1n) is 10.6. The smallest absolute Gasteiger partial charge is 0.255 e. The normalized spacial score (nSPS) is 10.4. The maximum Gasteiger partial charge on any atom is 0.255 e. The highest BCUT2D eigenvalue weighted by atomic mass is 16.5. The molecule has 0 spiro atoms. The molecular formula is C26H28N2O3. The first-order chi connectivity index (χ1) is 15.2. The van der Waals surface area contributed by atoms with Crippen molar-refractivity contribution in [3.05, 3.63) is 95.6 Å². The summed E-state index contributed by atoms with van der Waals surface area (Å²) >= 11 is 0. The number of carbonyl (C=O) groups is 2. The molecule has 160 valence electrons. The predicted octanol–water partition coefficient (Wildman–Crippen LogP) is 5.09. The number of carbonyl (C=O) groups excluding carboxylic acids is 2. The zero-order chi connectivity index (χ0) is 21.9. The molecule has 3 aromatic carbocycles. The van der Waals surface area contributed by atoms with Crippen molar-refractivity contribution in [3.8, 4) is 5.75 Å². The Hall–Kier alpha value is -3.60. The second kappa shape index (κ2) is 11.6. The van der Waals surface area contributed by atoms with Crippen molar-refractivity contribution in [2.45, 2.75) is 26.2 Å². The number of hydrogen-bond donors (Lipinski definition) is 2. The Bertz CT molecular complexity index is 985. The molecule has 0 bridgehead atoms. The van der Waals surface area contributed by atoms with Crippen LogP contribution >= 0.6 is 0 Å². The van der Waals surface area contributed by atoms with Crippen molar-refractivity contribution in [2.24, 2.45) is 0 Å². The summed E-state index contributed by atoms with van der Waals surface area (Å²) in [6.07, 6.45) is 2.79. The maximum absolute atomic E-state index is 12.6. The van der Waals surface area contributed by atoms with E-state index < -0.39 is 0 Å². The lowest BCUT2D eigenvalue weighted by atomic mass is 10.1. The number of anilines is 1. The molecule has 0 atom stereocenters. The molecule has 5 heteroatoms. The molecule has 3 aromatic rings. The molecule has 0 aliphatic rings. The fraction of sp³-hybridized carbons (Fsp3) is 0.231. The van der Waals surface area contributed by atoms with Crippen LogP contribution < -0.4 is 15.4 Å². The summed E-state index contributed by atoms with van der Waals surface area (Å²) in [6.45, 7) is 3.28. The van der Waals surface area contributed by atoms with E-state index in [9.17, 15) is 9.59 Å². The largest absolute Gasteiger partial charge is 0.493 e. The van der Waals surface area contributed by atoms with Crippen LogP contribution in [0.15, 0.2) is 78.9 Å². The quantitative estimate of drug-likeness (QED) is 0.452. The molecule has 2 amide bonds. The number of nitrogens with one attached hydrogen (secondary N) is 2. The van der Waals surface area contributed by atoms with E-state index in [2.05, 4.69) is 29.7 Å². The summed E-state index contributed by atoms with van der Waals surface area (Å²) in [5, 5.41) is 5.74. The zero-order valence-corrected chi connectivity index (χ0v) is 17.8. The summed E-state index contributed by atoms with van der Waals surface area (Å²) in [6, 6.07) is 24.1. The van der Waals surface area contributed by atoms with Crippen molar-refractivity contribution in [1.29, 1.82) is 0 Å². The van der Waals surface area contributed by atoms with Crippen LogP contribution in [0.4, 0.5) is 5.69 Å². The van der Waals surface area contributed by atoms with Crippen LogP contribution in [0.5, 0.6) is 5.75 Å². The zero-order valence-electron chi connectivity index (χ0n) is 17.8. The molecule has 0 aromatic heterocycles. The van der Waals surface area contributed by atoms with Crippen molar-refractivity contribution >= 4 is 17.5 Å². The predicted molar refractivity (Wildman–Crippen MR) is 124 cm³/mol. The molecule has 0 aliphatic heterocycles. The third-order valence-electron chi connectivity index (χ3n) is 4.82. The average Bonchev–Trinajstić information content (AvgIpc) is 2.80. The van der Waals surface area contributed by atoms with Crippen LogP contribution in [-0.4, -0.2) is 25.0 Å². The molecule has 0 heterocycles. The van der Waals surface area contributed by atoms with Crippen LogP contribution in [0.3, 0.4) is 0 Å². The summed E-state index contributed by atoms with van der Waals surface area (Å²) in [5.41, 5.74) is 2.92. The van der Waals surface area contributed by atoms with Gasteiger partial charge in [0, 0.05) is 29.8 Å². The maximum atomic E-state index is 12.6. The molecule has 0 fully saturated rings. The molecule has 0 radical (unpaired) electrons. The number of ether oxygens (including phenoxy) is 1. The number of hydrogen-bond acceptors (Lipinski definition) is 3. The van der Waals surface area contributed by atoms with Crippen molar-refractivity contribution < 1.29 is 14.3 Å². The van der Waals surface area contributed by atoms with Gasteiger partial charge in [0.25, 0.3) is 11.8 Å². The topological polar surface area (TPSA) is 67.4 Å². The monoisotopic (exact) mass is 416 g/mol. The summed E-state index contributed by atoms with van der Waals surface area (Å²) in [5.74, 6) is 0.322. The Morgan fingerprint density at radius 2 is 1.61 bits per heavy atom. The van der Waals surface area contributed by atoms with Crippen molar-refractivity contribution in [3.63, 3.8) is 0 Å². The molecule has 3 rings (SSSR count). The van der Waals surface area contributed by atoms with Gasteiger partial charge < -0.3 is 15.4 Å². The SMILES string of the molecule is CCCCNC(=O)c1ccc(NC(=O)c2cccc(OCCc3ccccc3)c2)cc1. The first-order valence-corrected chi connectivity index (χ1v) is 10.6. The van der Waals surface area contributed by atoms with Crippen LogP contribution in [0.25, 0.3) is 0 Å². The fourth-order valence-electron chi connectivity index (χ4n) is 3.05. The molecule has 5 nitrogen and oxygen atoms in total. The van der Waals surface area contributed by atoms with Crippen LogP contribution in [0.2, 0.25) is 0 Å². The number of unbranched alkanes of at least 4 members (excludes halogenated alkanes) is 1. The Labute approximate surface area is 183 Å². The standard InChI is InChI=1S/C26H28N2O3/c1-2-3-17-27-25(29)21-12-14-23(15-13-21)28-26(30)22-10-7-11-24(19-22)31-18-16-20-8-5-4-6-9-20/h4-15,19H,2-3,16-18H2,1H3,(H,27,29)(H,28,30). The van der Waals surface area contributed by atoms with E-state index in [-0.39, 0.29) is 11.8 Å². The van der Waals surface area contributed by atoms with Gasteiger partial charge in [0.2, 0.25) is 0 Å². The average molecular weight is 417 g/mol. The number of benzene rings is 3. The van der Waals surface area contributed by atoms with Crippen LogP contribution in [0.1, 0.15) is 46.0 Å². The van der Waals surface area contributed by atoms with Crippen molar-refractivity contribution in [1.82, 2.24) is 5.32 Å². The molecule has 31 heavy (non-hydrogen) atoms. The molecular weight excluding hydrogens is 388 g/mol. The molecule has 0 aliphatic carbocycles. The highest BCUT2D eigenvalue weighted by Gasteiger charge is 2.09. The number of amides is 2. The first kappa shape index (κ1) is 22.1. The third kappa shape index (κ3) is 7.00. The highest BCUT2D eigenvalue weighted by Crippen LogP contribution is 2.16. The summed E-state index contributed by atoms with van der Waals surface area (Å²) in [4.78, 5) is 24.7. The van der Waals surface area contributed by atoms with E-state index in [0.29, 0.717) is 35.7 Å². The minimum Gasteiger partial charge on any atom is -0.493 e. The van der Waals surface area contributed by atoms with E-state index in [1.54, 1.807) is 42.5 Å². The lowest BCUT2D eigenvalue weighted by Gasteiger charge is -2.10. The van der Waals surface area contributed by atoms with Gasteiger partial charge in [-0.2, -0.15) is 0 Å². The van der Waals surface area contributed by atoms with Gasteiger partial charge >= 0.3 is 0 Å². The second-order valence-corrected chi connectivity index (χ2v) is 7.25. The van der Waals surface area contributed by atoms with Crippen LogP contribution in [-0.2, 0) is 6.42 Å². The Balaban J connectivity index is 1.53. The van der Waals surface area contributed by atoms with Gasteiger partial charge in [0.05, 0.1) is 6.61 Å². The van der Waals surface area contributed by atoms with E-state index in [4.69, 9.17) is 4.74 Å². The Morgan fingerprint density at radius 1 is 0.839 bits per heavy atom. The van der Waals surface area contributed by atoms with Crippen LogP contribution in [0, 0.1) is 0 Å². The van der Waals surface area contributed by atoms with E-state index >= 15 is 0 Å². The lowest BCUT2D eigenvalue weighted by Crippen LogP contribution is -2.24. The minimum absolute atomic E-state index is 0.105. The molecule has 0 saturated carbocycles. The third-order valence-corrected chi connectivity index (χ3v) is 4.82. The fourth-order valence-corrected chi connectivity index (χ4v) is 3.05. The van der Waals surface area contributed by atoms with Gasteiger partial charge in [0.1, 0.15) is 5.75 Å². The Kier molecular flexibility index (Phi) is 8.23. The minimum atomic E-state index is -0.228. The molecule has 0 saturated heterocycles.